The summed E-state index contributed by atoms with van der Waals surface area (Å²) < 4.78 is 39.3. The Morgan fingerprint density at radius 3 is 2.53 bits per heavy atom. The Bertz CT molecular complexity index is 1070. The molecule has 0 fully saturated rings. The zero-order valence-electron chi connectivity index (χ0n) is 15.4. The lowest BCUT2D eigenvalue weighted by atomic mass is 9.93. The second-order valence-electron chi connectivity index (χ2n) is 6.45. The van der Waals surface area contributed by atoms with Crippen molar-refractivity contribution in [3.63, 3.8) is 0 Å². The van der Waals surface area contributed by atoms with Gasteiger partial charge in [-0.05, 0) is 30.7 Å². The predicted octanol–water partition coefficient (Wildman–Crippen LogP) is 3.88. The van der Waals surface area contributed by atoms with Crippen LogP contribution in [0.1, 0.15) is 24.1 Å². The fraction of sp³-hybridized carbons (Fsp3) is 0.158. The number of benzene rings is 2. The molecular formula is C19H15F3N4O4. The third-order valence-electron chi connectivity index (χ3n) is 4.38. The second kappa shape index (κ2) is 7.85. The highest BCUT2D eigenvalue weighted by atomic mass is 19.4. The van der Waals surface area contributed by atoms with Crippen LogP contribution in [0.5, 0.6) is 0 Å². The normalized spacial score (nSPS) is 16.5. The molecule has 0 bridgehead atoms. The molecule has 3 rings (SSSR count). The lowest BCUT2D eigenvalue weighted by Gasteiger charge is -2.29. The molecule has 2 aromatic rings. The third-order valence-corrected chi connectivity index (χ3v) is 4.38. The topological polar surface area (TPSA) is 113 Å². The molecule has 0 radical (unpaired) electrons. The Morgan fingerprint density at radius 2 is 1.87 bits per heavy atom. The summed E-state index contributed by atoms with van der Waals surface area (Å²) >= 11 is 0. The number of rotatable bonds is 4. The van der Waals surface area contributed by atoms with Gasteiger partial charge < -0.3 is 16.0 Å². The Hall–Kier alpha value is -3.89. The number of halogens is 3. The minimum Gasteiger partial charge on any atom is -0.327 e. The monoisotopic (exact) mass is 420 g/mol. The smallest absolute Gasteiger partial charge is 0.327 e. The molecule has 0 aromatic heterocycles. The number of alkyl halides is 3. The van der Waals surface area contributed by atoms with Crippen LogP contribution < -0.4 is 16.0 Å². The fourth-order valence-corrected chi connectivity index (χ4v) is 3.04. The SMILES string of the molecule is CC1=C(C(=O)Nc2cccc([N+](=O)[O-])c2)[C@H](c2cccc(C(F)(F)F)c2)NC(=O)N1. The minimum absolute atomic E-state index is 0.0274. The van der Waals surface area contributed by atoms with Gasteiger partial charge in [-0.15, -0.1) is 0 Å². The number of carbonyl (C=O) groups is 2. The van der Waals surface area contributed by atoms with Crippen LogP contribution in [0, 0.1) is 10.1 Å². The number of hydrogen-bond acceptors (Lipinski definition) is 4. The van der Waals surface area contributed by atoms with E-state index in [0.717, 1.165) is 18.2 Å². The van der Waals surface area contributed by atoms with Gasteiger partial charge in [-0.1, -0.05) is 18.2 Å². The zero-order valence-corrected chi connectivity index (χ0v) is 15.4. The van der Waals surface area contributed by atoms with E-state index in [4.69, 9.17) is 0 Å². The van der Waals surface area contributed by atoms with Crippen molar-refractivity contribution in [3.05, 3.63) is 81.0 Å². The van der Waals surface area contributed by atoms with Crippen molar-refractivity contribution in [2.24, 2.45) is 0 Å². The second-order valence-corrected chi connectivity index (χ2v) is 6.45. The maximum atomic E-state index is 13.1. The van der Waals surface area contributed by atoms with E-state index in [1.54, 1.807) is 0 Å². The first-order valence-electron chi connectivity index (χ1n) is 8.57. The first kappa shape index (κ1) is 20.8. The molecule has 1 aliphatic rings. The molecule has 0 saturated heterocycles. The number of anilines is 1. The van der Waals surface area contributed by atoms with Crippen LogP contribution in [0.2, 0.25) is 0 Å². The molecule has 156 valence electrons. The van der Waals surface area contributed by atoms with E-state index in [0.29, 0.717) is 0 Å². The first-order chi connectivity index (χ1) is 14.1. The summed E-state index contributed by atoms with van der Waals surface area (Å²) in [5, 5.41) is 18.2. The molecule has 0 saturated carbocycles. The number of carbonyl (C=O) groups excluding carboxylic acids is 2. The Kier molecular flexibility index (Phi) is 5.45. The van der Waals surface area contributed by atoms with Gasteiger partial charge in [-0.3, -0.25) is 14.9 Å². The van der Waals surface area contributed by atoms with E-state index in [2.05, 4.69) is 16.0 Å². The lowest BCUT2D eigenvalue weighted by Crippen LogP contribution is -2.46. The highest BCUT2D eigenvalue weighted by Gasteiger charge is 2.34. The van der Waals surface area contributed by atoms with Gasteiger partial charge in [0, 0.05) is 23.5 Å². The average Bonchev–Trinajstić information content (AvgIpc) is 2.67. The molecule has 8 nitrogen and oxygen atoms in total. The van der Waals surface area contributed by atoms with Gasteiger partial charge in [-0.2, -0.15) is 13.2 Å². The maximum Gasteiger partial charge on any atom is 0.416 e. The first-order valence-corrected chi connectivity index (χ1v) is 8.57. The van der Waals surface area contributed by atoms with Gasteiger partial charge in [0.2, 0.25) is 0 Å². The van der Waals surface area contributed by atoms with E-state index in [1.807, 2.05) is 0 Å². The van der Waals surface area contributed by atoms with Crippen molar-refractivity contribution in [1.29, 1.82) is 0 Å². The van der Waals surface area contributed by atoms with Crippen molar-refractivity contribution in [1.82, 2.24) is 10.6 Å². The molecule has 0 spiro atoms. The van der Waals surface area contributed by atoms with Gasteiger partial charge in [0.15, 0.2) is 0 Å². The van der Waals surface area contributed by atoms with Crippen molar-refractivity contribution in [2.75, 3.05) is 5.32 Å². The van der Waals surface area contributed by atoms with Crippen LogP contribution >= 0.6 is 0 Å². The summed E-state index contributed by atoms with van der Waals surface area (Å²) in [6, 6.07) is 7.62. The van der Waals surface area contributed by atoms with E-state index < -0.39 is 34.6 Å². The molecular weight excluding hydrogens is 405 g/mol. The quantitative estimate of drug-likeness (QED) is 0.515. The predicted molar refractivity (Wildman–Crippen MR) is 100 cm³/mol. The highest BCUT2D eigenvalue weighted by molar-refractivity contribution is 6.06. The summed E-state index contributed by atoms with van der Waals surface area (Å²) in [6.07, 6.45) is -4.60. The summed E-state index contributed by atoms with van der Waals surface area (Å²) in [7, 11) is 0. The van der Waals surface area contributed by atoms with Gasteiger partial charge in [0.05, 0.1) is 22.1 Å². The number of urea groups is 1. The number of hydrogen-bond donors (Lipinski definition) is 3. The minimum atomic E-state index is -4.60. The maximum absolute atomic E-state index is 13.1. The van der Waals surface area contributed by atoms with E-state index >= 15 is 0 Å². The molecule has 11 heteroatoms. The van der Waals surface area contributed by atoms with E-state index in [1.165, 1.54) is 37.3 Å². The van der Waals surface area contributed by atoms with Crippen LogP contribution in [0.3, 0.4) is 0 Å². The number of non-ortho nitro benzene ring substituents is 1. The lowest BCUT2D eigenvalue weighted by molar-refractivity contribution is -0.384. The van der Waals surface area contributed by atoms with Gasteiger partial charge in [-0.25, -0.2) is 4.79 Å². The van der Waals surface area contributed by atoms with Crippen molar-refractivity contribution >= 4 is 23.3 Å². The Morgan fingerprint density at radius 1 is 1.17 bits per heavy atom. The Labute approximate surface area is 167 Å². The van der Waals surface area contributed by atoms with Crippen LogP contribution in [-0.4, -0.2) is 16.9 Å². The van der Waals surface area contributed by atoms with Crippen molar-refractivity contribution < 1.29 is 27.7 Å². The van der Waals surface area contributed by atoms with E-state index in [9.17, 15) is 32.9 Å². The summed E-state index contributed by atoms with van der Waals surface area (Å²) in [5.41, 5.74) is -0.881. The molecule has 30 heavy (non-hydrogen) atoms. The number of nitro groups is 1. The molecule has 1 atom stereocenters. The largest absolute Gasteiger partial charge is 0.416 e. The molecule has 0 unspecified atom stereocenters. The number of allylic oxidation sites excluding steroid dienone is 1. The number of nitrogens with zero attached hydrogens (tertiary/aromatic N) is 1. The van der Waals surface area contributed by atoms with Crippen molar-refractivity contribution in [2.45, 2.75) is 19.1 Å². The van der Waals surface area contributed by atoms with Crippen LogP contribution in [0.25, 0.3) is 0 Å². The number of amides is 3. The molecule has 1 heterocycles. The van der Waals surface area contributed by atoms with Crippen LogP contribution in [0.15, 0.2) is 59.8 Å². The molecule has 3 N–H and O–H groups in total. The van der Waals surface area contributed by atoms with Crippen LogP contribution in [0.4, 0.5) is 29.3 Å². The fourth-order valence-electron chi connectivity index (χ4n) is 3.04. The van der Waals surface area contributed by atoms with Gasteiger partial charge in [0.1, 0.15) is 0 Å². The van der Waals surface area contributed by atoms with Gasteiger partial charge >= 0.3 is 12.2 Å². The summed E-state index contributed by atoms with van der Waals surface area (Å²) in [4.78, 5) is 35.1. The highest BCUT2D eigenvalue weighted by Crippen LogP contribution is 2.34. The molecule has 1 aliphatic heterocycles. The number of nitrogens with one attached hydrogen (secondary N) is 3. The van der Waals surface area contributed by atoms with Gasteiger partial charge in [0.25, 0.3) is 11.6 Å². The third kappa shape index (κ3) is 4.40. The molecule has 2 aromatic carbocycles. The molecule has 0 aliphatic carbocycles. The summed E-state index contributed by atoms with van der Waals surface area (Å²) in [5.74, 6) is -0.733. The van der Waals surface area contributed by atoms with E-state index in [-0.39, 0.29) is 28.2 Å². The standard InChI is InChI=1S/C19H15F3N4O4/c1-10-15(17(27)24-13-6-3-7-14(9-13)26(29)30)16(25-18(28)23-10)11-4-2-5-12(8-11)19(20,21)22/h2-9,16H,1H3,(H,24,27)(H2,23,25,28)/t16-/m0/s1. The summed E-state index contributed by atoms with van der Waals surface area (Å²) in [6.45, 7) is 1.43. The van der Waals surface area contributed by atoms with Crippen molar-refractivity contribution in [3.8, 4) is 0 Å². The Balaban J connectivity index is 1.97. The van der Waals surface area contributed by atoms with Crippen LogP contribution in [-0.2, 0) is 11.0 Å². The molecule has 3 amide bonds. The number of nitro benzene ring substituents is 1. The zero-order chi connectivity index (χ0) is 22.1. The average molecular weight is 420 g/mol.